The van der Waals surface area contributed by atoms with Gasteiger partial charge in [0.15, 0.2) is 0 Å². The molecule has 0 saturated carbocycles. The predicted octanol–water partition coefficient (Wildman–Crippen LogP) is 3.05. The third-order valence-corrected chi connectivity index (χ3v) is 2.79. The van der Waals surface area contributed by atoms with Crippen LogP contribution < -0.4 is 5.73 Å². The van der Waals surface area contributed by atoms with E-state index in [2.05, 4.69) is 10.2 Å². The van der Waals surface area contributed by atoms with Crippen molar-refractivity contribution in [3.05, 3.63) is 35.2 Å². The Morgan fingerprint density at radius 1 is 1.18 bits per heavy atom. The Hall–Kier alpha value is -1.39. The highest BCUT2D eigenvalue weighted by atomic mass is 35.5. The monoisotopic (exact) mass is 251 g/mol. The molecule has 1 heterocycles. The second-order valence-electron chi connectivity index (χ2n) is 4.22. The molecule has 0 bridgehead atoms. The van der Waals surface area contributed by atoms with E-state index in [-0.39, 0.29) is 12.0 Å². The first kappa shape index (κ1) is 12.1. The molecular weight excluding hydrogens is 238 g/mol. The van der Waals surface area contributed by atoms with E-state index < -0.39 is 0 Å². The van der Waals surface area contributed by atoms with Crippen molar-refractivity contribution in [2.75, 3.05) is 0 Å². The Morgan fingerprint density at radius 2 is 1.82 bits per heavy atom. The molecule has 0 spiro atoms. The molecule has 2 rings (SSSR count). The van der Waals surface area contributed by atoms with Crippen molar-refractivity contribution < 1.29 is 4.42 Å². The van der Waals surface area contributed by atoms with Crippen LogP contribution in [0.4, 0.5) is 0 Å². The zero-order valence-electron chi connectivity index (χ0n) is 9.72. The maximum Gasteiger partial charge on any atom is 0.247 e. The SMILES string of the molecule is CC(C)C(N)c1nnc(-c2ccc(Cl)cc2)o1. The summed E-state index contributed by atoms with van der Waals surface area (Å²) in [6.07, 6.45) is 0. The number of nitrogens with zero attached hydrogens (tertiary/aromatic N) is 2. The molecule has 90 valence electrons. The molecule has 1 aromatic heterocycles. The molecule has 0 aliphatic heterocycles. The van der Waals surface area contributed by atoms with Gasteiger partial charge >= 0.3 is 0 Å². The molecule has 17 heavy (non-hydrogen) atoms. The summed E-state index contributed by atoms with van der Waals surface area (Å²) >= 11 is 5.81. The average molecular weight is 252 g/mol. The summed E-state index contributed by atoms with van der Waals surface area (Å²) in [6.45, 7) is 4.02. The van der Waals surface area contributed by atoms with Crippen molar-refractivity contribution in [3.63, 3.8) is 0 Å². The summed E-state index contributed by atoms with van der Waals surface area (Å²) in [6, 6.07) is 7.00. The van der Waals surface area contributed by atoms with E-state index in [9.17, 15) is 0 Å². The second-order valence-corrected chi connectivity index (χ2v) is 4.66. The molecule has 0 fully saturated rings. The highest BCUT2D eigenvalue weighted by Gasteiger charge is 2.18. The number of nitrogens with two attached hydrogens (primary N) is 1. The van der Waals surface area contributed by atoms with Gasteiger partial charge in [-0.1, -0.05) is 25.4 Å². The van der Waals surface area contributed by atoms with E-state index in [1.807, 2.05) is 26.0 Å². The van der Waals surface area contributed by atoms with E-state index >= 15 is 0 Å². The van der Waals surface area contributed by atoms with E-state index in [1.165, 1.54) is 0 Å². The summed E-state index contributed by atoms with van der Waals surface area (Å²) < 4.78 is 5.54. The van der Waals surface area contributed by atoms with Crippen LogP contribution in [0.2, 0.25) is 5.02 Å². The van der Waals surface area contributed by atoms with E-state index in [1.54, 1.807) is 12.1 Å². The molecule has 2 N–H and O–H groups in total. The van der Waals surface area contributed by atoms with Gasteiger partial charge < -0.3 is 10.2 Å². The molecule has 1 aromatic carbocycles. The molecule has 0 saturated heterocycles. The van der Waals surface area contributed by atoms with Crippen LogP contribution >= 0.6 is 11.6 Å². The summed E-state index contributed by atoms with van der Waals surface area (Å²) in [5.41, 5.74) is 6.77. The van der Waals surface area contributed by atoms with Gasteiger partial charge in [0, 0.05) is 10.6 Å². The standard InChI is InChI=1S/C12H14ClN3O/c1-7(2)10(14)12-16-15-11(17-12)8-3-5-9(13)6-4-8/h3-7,10H,14H2,1-2H3. The van der Waals surface area contributed by atoms with Gasteiger partial charge in [-0.3, -0.25) is 0 Å². The second kappa shape index (κ2) is 4.85. The van der Waals surface area contributed by atoms with Crippen LogP contribution in [0, 0.1) is 5.92 Å². The molecule has 0 amide bonds. The molecule has 0 radical (unpaired) electrons. The van der Waals surface area contributed by atoms with Crippen LogP contribution in [0.1, 0.15) is 25.8 Å². The van der Waals surface area contributed by atoms with E-state index in [0.717, 1.165) is 5.56 Å². The van der Waals surface area contributed by atoms with Crippen LogP contribution in [0.5, 0.6) is 0 Å². The van der Waals surface area contributed by atoms with Gasteiger partial charge in [0.05, 0.1) is 6.04 Å². The van der Waals surface area contributed by atoms with E-state index in [0.29, 0.717) is 16.8 Å². The summed E-state index contributed by atoms with van der Waals surface area (Å²) in [7, 11) is 0. The summed E-state index contributed by atoms with van der Waals surface area (Å²) in [4.78, 5) is 0. The third-order valence-electron chi connectivity index (χ3n) is 2.54. The van der Waals surface area contributed by atoms with Crippen molar-refractivity contribution in [2.45, 2.75) is 19.9 Å². The molecular formula is C12H14ClN3O. The fourth-order valence-corrected chi connectivity index (χ4v) is 1.49. The normalized spacial score (nSPS) is 13.0. The number of hydrogen-bond acceptors (Lipinski definition) is 4. The molecule has 5 heteroatoms. The van der Waals surface area contributed by atoms with Crippen LogP contribution in [0.15, 0.2) is 28.7 Å². The molecule has 0 aliphatic rings. The van der Waals surface area contributed by atoms with Crippen molar-refractivity contribution >= 4 is 11.6 Å². The minimum atomic E-state index is -0.233. The summed E-state index contributed by atoms with van der Waals surface area (Å²) in [5, 5.41) is 8.61. The van der Waals surface area contributed by atoms with Gasteiger partial charge in [-0.15, -0.1) is 10.2 Å². The maximum atomic E-state index is 5.94. The lowest BCUT2D eigenvalue weighted by Gasteiger charge is -2.09. The predicted molar refractivity (Wildman–Crippen MR) is 66.5 cm³/mol. The molecule has 0 aliphatic carbocycles. The topological polar surface area (TPSA) is 64.9 Å². The largest absolute Gasteiger partial charge is 0.419 e. The molecule has 1 atom stereocenters. The Kier molecular flexibility index (Phi) is 3.45. The lowest BCUT2D eigenvalue weighted by Crippen LogP contribution is -2.16. The number of halogens is 1. The highest BCUT2D eigenvalue weighted by molar-refractivity contribution is 6.30. The van der Waals surface area contributed by atoms with Crippen molar-refractivity contribution in [1.29, 1.82) is 0 Å². The Morgan fingerprint density at radius 3 is 2.41 bits per heavy atom. The maximum absolute atomic E-state index is 5.94. The van der Waals surface area contributed by atoms with Crippen LogP contribution in [0.25, 0.3) is 11.5 Å². The average Bonchev–Trinajstić information content (AvgIpc) is 2.78. The molecule has 1 unspecified atom stereocenters. The molecule has 4 nitrogen and oxygen atoms in total. The fourth-order valence-electron chi connectivity index (χ4n) is 1.36. The number of aromatic nitrogens is 2. The van der Waals surface area contributed by atoms with Gasteiger partial charge in [0.25, 0.3) is 0 Å². The minimum Gasteiger partial charge on any atom is -0.419 e. The first-order valence-electron chi connectivity index (χ1n) is 5.43. The first-order valence-corrected chi connectivity index (χ1v) is 5.80. The number of benzene rings is 1. The highest BCUT2D eigenvalue weighted by Crippen LogP contribution is 2.24. The number of rotatable bonds is 3. The van der Waals surface area contributed by atoms with E-state index in [4.69, 9.17) is 21.8 Å². The summed E-state index contributed by atoms with van der Waals surface area (Å²) in [5.74, 6) is 1.19. The van der Waals surface area contributed by atoms with Crippen molar-refractivity contribution in [2.24, 2.45) is 11.7 Å². The third kappa shape index (κ3) is 2.65. The fraction of sp³-hybridized carbons (Fsp3) is 0.333. The minimum absolute atomic E-state index is 0.233. The van der Waals surface area contributed by atoms with Crippen LogP contribution in [-0.4, -0.2) is 10.2 Å². The Labute approximate surface area is 105 Å². The zero-order valence-corrected chi connectivity index (χ0v) is 10.5. The van der Waals surface area contributed by atoms with Crippen LogP contribution in [0.3, 0.4) is 0 Å². The van der Waals surface area contributed by atoms with Gasteiger partial charge in [0.1, 0.15) is 0 Å². The van der Waals surface area contributed by atoms with Gasteiger partial charge in [0.2, 0.25) is 11.8 Å². The van der Waals surface area contributed by atoms with Gasteiger partial charge in [-0.2, -0.15) is 0 Å². The quantitative estimate of drug-likeness (QED) is 0.911. The molecule has 2 aromatic rings. The Bertz CT molecular complexity index is 493. The first-order chi connectivity index (χ1) is 8.08. The lowest BCUT2D eigenvalue weighted by molar-refractivity contribution is 0.394. The van der Waals surface area contributed by atoms with Crippen LogP contribution in [-0.2, 0) is 0 Å². The van der Waals surface area contributed by atoms with Crippen molar-refractivity contribution in [3.8, 4) is 11.5 Å². The smallest absolute Gasteiger partial charge is 0.247 e. The number of hydrogen-bond donors (Lipinski definition) is 1. The van der Waals surface area contributed by atoms with Gasteiger partial charge in [-0.05, 0) is 30.2 Å². The Balaban J connectivity index is 2.26. The van der Waals surface area contributed by atoms with Crippen molar-refractivity contribution in [1.82, 2.24) is 10.2 Å². The lowest BCUT2D eigenvalue weighted by atomic mass is 10.1. The zero-order chi connectivity index (χ0) is 12.4. The van der Waals surface area contributed by atoms with Gasteiger partial charge in [-0.25, -0.2) is 0 Å².